The minimum absolute atomic E-state index is 0. The number of hydrogen-bond acceptors (Lipinski definition) is 3. The lowest BCUT2D eigenvalue weighted by molar-refractivity contribution is 0.0616. The third-order valence-corrected chi connectivity index (χ3v) is 3.42. The van der Waals surface area contributed by atoms with E-state index in [1.807, 2.05) is 13.8 Å². The van der Waals surface area contributed by atoms with Crippen LogP contribution >= 0.6 is 12.4 Å². The molecule has 0 spiro atoms. The van der Waals surface area contributed by atoms with Gasteiger partial charge in [-0.3, -0.25) is 4.79 Å². The lowest BCUT2D eigenvalue weighted by Gasteiger charge is -2.37. The van der Waals surface area contributed by atoms with Crippen molar-refractivity contribution in [2.75, 3.05) is 20.2 Å². The molecule has 1 aliphatic rings. The second kappa shape index (κ2) is 6.90. The van der Waals surface area contributed by atoms with Crippen LogP contribution in [0.1, 0.15) is 24.2 Å². The summed E-state index contributed by atoms with van der Waals surface area (Å²) in [6.45, 7) is 5.40. The van der Waals surface area contributed by atoms with Crippen LogP contribution in [0.3, 0.4) is 0 Å². The Labute approximate surface area is 124 Å². The lowest BCUT2D eigenvalue weighted by Crippen LogP contribution is -2.56. The van der Waals surface area contributed by atoms with Gasteiger partial charge in [-0.1, -0.05) is 0 Å². The van der Waals surface area contributed by atoms with Crippen LogP contribution in [0, 0.1) is 5.82 Å². The molecule has 6 heteroatoms. The molecule has 1 aromatic carbocycles. The highest BCUT2D eigenvalue weighted by Gasteiger charge is 2.27. The third kappa shape index (κ3) is 3.41. The topological polar surface area (TPSA) is 41.6 Å². The van der Waals surface area contributed by atoms with Crippen LogP contribution in [0.15, 0.2) is 18.2 Å². The summed E-state index contributed by atoms with van der Waals surface area (Å²) in [6.07, 6.45) is 0. The summed E-state index contributed by atoms with van der Waals surface area (Å²) in [5.74, 6) is -0.495. The van der Waals surface area contributed by atoms with Crippen LogP contribution in [-0.4, -0.2) is 43.1 Å². The van der Waals surface area contributed by atoms with Gasteiger partial charge < -0.3 is 15.0 Å². The Hall–Kier alpha value is -1.33. The van der Waals surface area contributed by atoms with Gasteiger partial charge in [-0.2, -0.15) is 0 Å². The fourth-order valence-electron chi connectivity index (χ4n) is 2.27. The van der Waals surface area contributed by atoms with Gasteiger partial charge in [0.1, 0.15) is 0 Å². The maximum absolute atomic E-state index is 13.6. The summed E-state index contributed by atoms with van der Waals surface area (Å²) in [6, 6.07) is 4.68. The standard InChI is InChI=1S/C14H19FN2O2.ClH/c1-9-8-17(10(2)7-16-9)14(18)11-4-5-13(19-3)12(15)6-11;/h4-6,9-10,16H,7-8H2,1-3H3;1H. The van der Waals surface area contributed by atoms with Crippen LogP contribution in [0.5, 0.6) is 5.75 Å². The van der Waals surface area contributed by atoms with Crippen molar-refractivity contribution >= 4 is 18.3 Å². The van der Waals surface area contributed by atoms with Gasteiger partial charge in [0.05, 0.1) is 7.11 Å². The first-order chi connectivity index (χ1) is 9.02. The predicted octanol–water partition coefficient (Wildman–Crippen LogP) is 2.08. The molecule has 4 nitrogen and oxygen atoms in total. The quantitative estimate of drug-likeness (QED) is 0.909. The highest BCUT2D eigenvalue weighted by Crippen LogP contribution is 2.20. The van der Waals surface area contributed by atoms with Crippen LogP contribution in [0.2, 0.25) is 0 Å². The summed E-state index contributed by atoms with van der Waals surface area (Å²) in [7, 11) is 1.40. The molecule has 0 saturated carbocycles. The van der Waals surface area contributed by atoms with Gasteiger partial charge in [0, 0.05) is 30.7 Å². The van der Waals surface area contributed by atoms with Crippen LogP contribution < -0.4 is 10.1 Å². The molecular weight excluding hydrogens is 283 g/mol. The van der Waals surface area contributed by atoms with Gasteiger partial charge in [0.25, 0.3) is 5.91 Å². The molecule has 0 aromatic heterocycles. The maximum Gasteiger partial charge on any atom is 0.254 e. The summed E-state index contributed by atoms with van der Waals surface area (Å²) < 4.78 is 18.5. The van der Waals surface area contributed by atoms with E-state index in [-0.39, 0.29) is 36.1 Å². The molecule has 112 valence electrons. The maximum atomic E-state index is 13.6. The Kier molecular flexibility index (Phi) is 5.77. The van der Waals surface area contributed by atoms with Gasteiger partial charge in [0.15, 0.2) is 11.6 Å². The molecular formula is C14H20ClFN2O2. The number of benzene rings is 1. The number of nitrogens with one attached hydrogen (secondary N) is 1. The number of halogens is 2. The number of piperazine rings is 1. The zero-order chi connectivity index (χ0) is 14.0. The van der Waals surface area contributed by atoms with Gasteiger partial charge in [-0.25, -0.2) is 4.39 Å². The van der Waals surface area contributed by atoms with E-state index in [0.29, 0.717) is 12.1 Å². The first kappa shape index (κ1) is 16.7. The zero-order valence-corrected chi connectivity index (χ0v) is 12.7. The first-order valence-corrected chi connectivity index (χ1v) is 6.40. The van der Waals surface area contributed by atoms with Crippen molar-refractivity contribution in [2.45, 2.75) is 25.9 Å². The lowest BCUT2D eigenvalue weighted by atomic mass is 10.1. The molecule has 0 aliphatic carbocycles. The summed E-state index contributed by atoms with van der Waals surface area (Å²) in [5, 5.41) is 3.31. The second-order valence-electron chi connectivity index (χ2n) is 4.97. The van der Waals surface area contributed by atoms with Crippen molar-refractivity contribution in [3.8, 4) is 5.75 Å². The molecule has 1 heterocycles. The van der Waals surface area contributed by atoms with E-state index in [4.69, 9.17) is 4.74 Å². The normalized spacial score (nSPS) is 22.1. The van der Waals surface area contributed by atoms with E-state index in [0.717, 1.165) is 6.54 Å². The number of amides is 1. The summed E-state index contributed by atoms with van der Waals surface area (Å²) >= 11 is 0. The molecule has 2 unspecified atom stereocenters. The fourth-order valence-corrected chi connectivity index (χ4v) is 2.27. The number of ether oxygens (including phenoxy) is 1. The fraction of sp³-hybridized carbons (Fsp3) is 0.500. The van der Waals surface area contributed by atoms with Crippen LogP contribution in [-0.2, 0) is 0 Å². The highest BCUT2D eigenvalue weighted by molar-refractivity contribution is 5.94. The average molecular weight is 303 g/mol. The summed E-state index contributed by atoms with van der Waals surface area (Å²) in [4.78, 5) is 14.2. The highest BCUT2D eigenvalue weighted by atomic mass is 35.5. The molecule has 20 heavy (non-hydrogen) atoms. The molecule has 1 amide bonds. The smallest absolute Gasteiger partial charge is 0.254 e. The van der Waals surface area contributed by atoms with E-state index in [1.54, 1.807) is 11.0 Å². The molecule has 2 rings (SSSR count). The van der Waals surface area contributed by atoms with Crippen molar-refractivity contribution in [3.05, 3.63) is 29.6 Å². The number of carbonyl (C=O) groups is 1. The molecule has 0 bridgehead atoms. The molecule has 1 saturated heterocycles. The number of rotatable bonds is 2. The molecule has 1 aromatic rings. The van der Waals surface area contributed by atoms with Crippen LogP contribution in [0.4, 0.5) is 4.39 Å². The van der Waals surface area contributed by atoms with E-state index in [1.165, 1.54) is 19.2 Å². The largest absolute Gasteiger partial charge is 0.494 e. The number of carbonyl (C=O) groups excluding carboxylic acids is 1. The van der Waals surface area contributed by atoms with Gasteiger partial charge in [-0.05, 0) is 32.0 Å². The van der Waals surface area contributed by atoms with E-state index in [2.05, 4.69) is 5.32 Å². The van der Waals surface area contributed by atoms with Crippen molar-refractivity contribution in [1.82, 2.24) is 10.2 Å². The van der Waals surface area contributed by atoms with Gasteiger partial charge in [0.2, 0.25) is 0 Å². The minimum atomic E-state index is -0.510. The number of hydrogen-bond donors (Lipinski definition) is 1. The van der Waals surface area contributed by atoms with Crippen molar-refractivity contribution in [3.63, 3.8) is 0 Å². The Bertz CT molecular complexity index is 484. The van der Waals surface area contributed by atoms with Gasteiger partial charge >= 0.3 is 0 Å². The van der Waals surface area contributed by atoms with Gasteiger partial charge in [-0.15, -0.1) is 12.4 Å². The van der Waals surface area contributed by atoms with Crippen molar-refractivity contribution < 1.29 is 13.9 Å². The first-order valence-electron chi connectivity index (χ1n) is 6.40. The Morgan fingerprint density at radius 3 is 2.75 bits per heavy atom. The zero-order valence-electron chi connectivity index (χ0n) is 11.9. The monoisotopic (exact) mass is 302 g/mol. The number of methoxy groups -OCH3 is 1. The summed E-state index contributed by atoms with van der Waals surface area (Å²) in [5.41, 5.74) is 0.360. The average Bonchev–Trinajstić information content (AvgIpc) is 2.40. The predicted molar refractivity (Wildman–Crippen MR) is 78.2 cm³/mol. The molecule has 1 N–H and O–H groups in total. The second-order valence-corrected chi connectivity index (χ2v) is 4.97. The third-order valence-electron chi connectivity index (χ3n) is 3.42. The molecule has 1 aliphatic heterocycles. The minimum Gasteiger partial charge on any atom is -0.494 e. The van der Waals surface area contributed by atoms with Crippen LogP contribution in [0.25, 0.3) is 0 Å². The van der Waals surface area contributed by atoms with Crippen molar-refractivity contribution in [2.24, 2.45) is 0 Å². The molecule has 0 radical (unpaired) electrons. The Morgan fingerprint density at radius 1 is 1.45 bits per heavy atom. The van der Waals surface area contributed by atoms with Crippen molar-refractivity contribution in [1.29, 1.82) is 0 Å². The Morgan fingerprint density at radius 2 is 2.15 bits per heavy atom. The van der Waals surface area contributed by atoms with E-state index in [9.17, 15) is 9.18 Å². The number of nitrogens with zero attached hydrogens (tertiary/aromatic N) is 1. The SMILES string of the molecule is COc1ccc(C(=O)N2CC(C)NCC2C)cc1F.Cl. The molecule has 2 atom stereocenters. The Balaban J connectivity index is 0.00000200. The van der Waals surface area contributed by atoms with E-state index >= 15 is 0 Å². The molecule has 1 fully saturated rings. The van der Waals surface area contributed by atoms with E-state index < -0.39 is 5.82 Å².